The third-order valence-corrected chi connectivity index (χ3v) is 4.39. The molecule has 21 heavy (non-hydrogen) atoms. The smallest absolute Gasteiger partial charge is 0.0351 e. The van der Waals surface area contributed by atoms with Crippen LogP contribution in [-0.2, 0) is 0 Å². The molecule has 0 aromatic heterocycles. The third kappa shape index (κ3) is 19.7. The largest absolute Gasteiger partial charge is 0.0917 e. The standard InChI is InChI=1S/C21H42/c1-4-5-6-7-8-9-10-11-12-13-14-15-16-17-18-19-20-21(2)3/h4-5,21H,6-20H2,1-3H3/b5-4+. The predicted molar refractivity (Wildman–Crippen MR) is 98.9 cm³/mol. The maximum absolute atomic E-state index is 2.34. The second-order valence-corrected chi connectivity index (χ2v) is 7.14. The Morgan fingerprint density at radius 3 is 1.33 bits per heavy atom. The summed E-state index contributed by atoms with van der Waals surface area (Å²) in [4.78, 5) is 0. The first-order valence-corrected chi connectivity index (χ1v) is 9.88. The van der Waals surface area contributed by atoms with Crippen LogP contribution in [0, 0.1) is 5.92 Å². The molecular weight excluding hydrogens is 252 g/mol. The van der Waals surface area contributed by atoms with Gasteiger partial charge in [0.15, 0.2) is 0 Å². The van der Waals surface area contributed by atoms with Gasteiger partial charge in [0.1, 0.15) is 0 Å². The molecule has 0 aromatic rings. The Labute approximate surface area is 135 Å². The van der Waals surface area contributed by atoms with Gasteiger partial charge >= 0.3 is 0 Å². The summed E-state index contributed by atoms with van der Waals surface area (Å²) in [7, 11) is 0. The van der Waals surface area contributed by atoms with Crippen molar-refractivity contribution < 1.29 is 0 Å². The Morgan fingerprint density at radius 2 is 0.952 bits per heavy atom. The van der Waals surface area contributed by atoms with Gasteiger partial charge < -0.3 is 0 Å². The molecule has 0 atom stereocenters. The molecule has 0 heteroatoms. The van der Waals surface area contributed by atoms with Crippen LogP contribution in [0.5, 0.6) is 0 Å². The van der Waals surface area contributed by atoms with Crippen LogP contribution in [-0.4, -0.2) is 0 Å². The molecule has 0 saturated carbocycles. The minimum atomic E-state index is 0.896. The summed E-state index contributed by atoms with van der Waals surface area (Å²) in [5.74, 6) is 0.896. The molecule has 0 radical (unpaired) electrons. The lowest BCUT2D eigenvalue weighted by atomic mass is 10.0. The minimum Gasteiger partial charge on any atom is -0.0917 e. The van der Waals surface area contributed by atoms with Gasteiger partial charge in [0.25, 0.3) is 0 Å². The second kappa shape index (κ2) is 17.8. The van der Waals surface area contributed by atoms with E-state index < -0.39 is 0 Å². The lowest BCUT2D eigenvalue weighted by Crippen LogP contribution is -1.87. The van der Waals surface area contributed by atoms with Crippen LogP contribution in [0.25, 0.3) is 0 Å². The van der Waals surface area contributed by atoms with E-state index in [-0.39, 0.29) is 0 Å². The summed E-state index contributed by atoms with van der Waals surface area (Å²) in [6.07, 6.45) is 26.1. The van der Waals surface area contributed by atoms with E-state index in [4.69, 9.17) is 0 Å². The quantitative estimate of drug-likeness (QED) is 0.199. The zero-order valence-electron chi connectivity index (χ0n) is 15.3. The minimum absolute atomic E-state index is 0.896. The number of allylic oxidation sites excluding steroid dienone is 2. The van der Waals surface area contributed by atoms with Crippen LogP contribution in [0.4, 0.5) is 0 Å². The van der Waals surface area contributed by atoms with Gasteiger partial charge in [0.05, 0.1) is 0 Å². The van der Waals surface area contributed by atoms with Gasteiger partial charge in [-0.25, -0.2) is 0 Å². The molecule has 0 unspecified atom stereocenters. The van der Waals surface area contributed by atoms with Gasteiger partial charge in [0.2, 0.25) is 0 Å². The predicted octanol–water partition coefficient (Wildman–Crippen LogP) is 8.07. The molecule has 0 aliphatic heterocycles. The number of rotatable bonds is 16. The fourth-order valence-corrected chi connectivity index (χ4v) is 2.93. The maximum Gasteiger partial charge on any atom is -0.0351 e. The highest BCUT2D eigenvalue weighted by molar-refractivity contribution is 4.76. The first kappa shape index (κ1) is 20.7. The van der Waals surface area contributed by atoms with Crippen molar-refractivity contribution in [3.05, 3.63) is 12.2 Å². The molecule has 0 aliphatic rings. The topological polar surface area (TPSA) is 0 Å². The van der Waals surface area contributed by atoms with Crippen LogP contribution >= 0.6 is 0 Å². The van der Waals surface area contributed by atoms with Gasteiger partial charge in [-0.05, 0) is 25.7 Å². The lowest BCUT2D eigenvalue weighted by Gasteiger charge is -2.04. The van der Waals surface area contributed by atoms with E-state index in [0.717, 1.165) is 5.92 Å². The zero-order chi connectivity index (χ0) is 15.6. The van der Waals surface area contributed by atoms with Crippen LogP contribution in [0.15, 0.2) is 12.2 Å². The SMILES string of the molecule is C/C=C/CCCCCCCCCCCCCCCC(C)C. The molecule has 0 heterocycles. The van der Waals surface area contributed by atoms with E-state index in [2.05, 4.69) is 32.9 Å². The highest BCUT2D eigenvalue weighted by atomic mass is 14.0. The Hall–Kier alpha value is -0.260. The Morgan fingerprint density at radius 1 is 0.571 bits per heavy atom. The van der Waals surface area contributed by atoms with Crippen molar-refractivity contribution in [2.75, 3.05) is 0 Å². The van der Waals surface area contributed by atoms with Crippen molar-refractivity contribution in [3.63, 3.8) is 0 Å². The summed E-state index contributed by atoms with van der Waals surface area (Å²) in [5.41, 5.74) is 0. The van der Waals surface area contributed by atoms with Gasteiger partial charge in [0, 0.05) is 0 Å². The van der Waals surface area contributed by atoms with Crippen molar-refractivity contribution in [3.8, 4) is 0 Å². The molecular formula is C21H42. The molecule has 126 valence electrons. The van der Waals surface area contributed by atoms with Gasteiger partial charge in [-0.15, -0.1) is 0 Å². The molecule has 0 nitrogen and oxygen atoms in total. The van der Waals surface area contributed by atoms with Crippen molar-refractivity contribution in [1.82, 2.24) is 0 Å². The van der Waals surface area contributed by atoms with Crippen molar-refractivity contribution >= 4 is 0 Å². The van der Waals surface area contributed by atoms with Crippen LogP contribution < -0.4 is 0 Å². The molecule has 0 spiro atoms. The van der Waals surface area contributed by atoms with E-state index in [9.17, 15) is 0 Å². The molecule has 0 amide bonds. The molecule has 0 aromatic carbocycles. The molecule has 0 N–H and O–H groups in total. The van der Waals surface area contributed by atoms with E-state index >= 15 is 0 Å². The molecule has 0 fully saturated rings. The fraction of sp³-hybridized carbons (Fsp3) is 0.905. The van der Waals surface area contributed by atoms with Crippen molar-refractivity contribution in [2.24, 2.45) is 5.92 Å². The molecule has 0 bridgehead atoms. The van der Waals surface area contributed by atoms with Crippen molar-refractivity contribution in [2.45, 2.75) is 117 Å². The zero-order valence-corrected chi connectivity index (χ0v) is 15.3. The van der Waals surface area contributed by atoms with E-state index in [1.165, 1.54) is 96.3 Å². The first-order valence-electron chi connectivity index (χ1n) is 9.88. The Bertz CT molecular complexity index is 202. The highest BCUT2D eigenvalue weighted by Gasteiger charge is 1.95. The number of hydrogen-bond donors (Lipinski definition) is 0. The van der Waals surface area contributed by atoms with Crippen LogP contribution in [0.3, 0.4) is 0 Å². The average molecular weight is 295 g/mol. The van der Waals surface area contributed by atoms with E-state index in [1.807, 2.05) is 0 Å². The van der Waals surface area contributed by atoms with Gasteiger partial charge in [-0.1, -0.05) is 109 Å². The summed E-state index contributed by atoms with van der Waals surface area (Å²) in [6, 6.07) is 0. The molecule has 0 aliphatic carbocycles. The van der Waals surface area contributed by atoms with Crippen LogP contribution in [0.1, 0.15) is 117 Å². The molecule has 0 saturated heterocycles. The van der Waals surface area contributed by atoms with Crippen LogP contribution in [0.2, 0.25) is 0 Å². The first-order chi connectivity index (χ1) is 10.3. The summed E-state index contributed by atoms with van der Waals surface area (Å²) < 4.78 is 0. The summed E-state index contributed by atoms with van der Waals surface area (Å²) in [6.45, 7) is 6.79. The average Bonchev–Trinajstić information content (AvgIpc) is 2.46. The second-order valence-electron chi connectivity index (χ2n) is 7.14. The van der Waals surface area contributed by atoms with Gasteiger partial charge in [-0.3, -0.25) is 0 Å². The highest BCUT2D eigenvalue weighted by Crippen LogP contribution is 2.14. The molecule has 0 rings (SSSR count). The van der Waals surface area contributed by atoms with Crippen molar-refractivity contribution in [1.29, 1.82) is 0 Å². The Balaban J connectivity index is 2.96. The number of hydrogen-bond acceptors (Lipinski definition) is 0. The van der Waals surface area contributed by atoms with E-state index in [1.54, 1.807) is 0 Å². The van der Waals surface area contributed by atoms with Gasteiger partial charge in [-0.2, -0.15) is 0 Å². The fourth-order valence-electron chi connectivity index (χ4n) is 2.93. The Kier molecular flexibility index (Phi) is 17.6. The maximum atomic E-state index is 2.34. The number of unbranched alkanes of at least 4 members (excludes halogenated alkanes) is 13. The normalized spacial score (nSPS) is 11.8. The summed E-state index contributed by atoms with van der Waals surface area (Å²) in [5, 5.41) is 0. The lowest BCUT2D eigenvalue weighted by molar-refractivity contribution is 0.503. The monoisotopic (exact) mass is 294 g/mol. The summed E-state index contributed by atoms with van der Waals surface area (Å²) >= 11 is 0. The van der Waals surface area contributed by atoms with E-state index in [0.29, 0.717) is 0 Å². The third-order valence-electron chi connectivity index (χ3n) is 4.39.